The molecule has 0 atom stereocenters. The lowest BCUT2D eigenvalue weighted by Crippen LogP contribution is -1.97. The van der Waals surface area contributed by atoms with Crippen LogP contribution in [-0.4, -0.2) is 6.61 Å². The molecule has 123 valence electrons. The molecule has 0 spiro atoms. The molecule has 0 amide bonds. The molecule has 0 saturated heterocycles. The maximum Gasteiger partial charge on any atom is 0.119 e. The van der Waals surface area contributed by atoms with E-state index in [1.54, 1.807) is 0 Å². The first kappa shape index (κ1) is 17.6. The number of benzene rings is 2. The Labute approximate surface area is 141 Å². The SMILES string of the molecule is CCCCCCCCCCOc1ccc(-c2[c]cccc2)cc1. The molecular formula is C22H29O. The van der Waals surface area contributed by atoms with E-state index >= 15 is 0 Å². The van der Waals surface area contributed by atoms with Crippen molar-refractivity contribution in [3.8, 4) is 16.9 Å². The van der Waals surface area contributed by atoms with Gasteiger partial charge in [-0.1, -0.05) is 88.3 Å². The van der Waals surface area contributed by atoms with Gasteiger partial charge in [-0.25, -0.2) is 0 Å². The highest BCUT2D eigenvalue weighted by atomic mass is 16.5. The molecule has 2 aromatic carbocycles. The molecule has 1 heteroatoms. The van der Waals surface area contributed by atoms with Gasteiger partial charge in [0.05, 0.1) is 6.61 Å². The molecule has 0 aromatic heterocycles. The van der Waals surface area contributed by atoms with Crippen molar-refractivity contribution in [3.05, 3.63) is 54.6 Å². The van der Waals surface area contributed by atoms with E-state index in [-0.39, 0.29) is 0 Å². The van der Waals surface area contributed by atoms with Gasteiger partial charge in [-0.15, -0.1) is 0 Å². The van der Waals surface area contributed by atoms with Gasteiger partial charge >= 0.3 is 0 Å². The fourth-order valence-electron chi connectivity index (χ4n) is 2.73. The van der Waals surface area contributed by atoms with Gasteiger partial charge in [0.25, 0.3) is 0 Å². The first-order valence-electron chi connectivity index (χ1n) is 9.10. The smallest absolute Gasteiger partial charge is 0.119 e. The van der Waals surface area contributed by atoms with Gasteiger partial charge in [0.2, 0.25) is 0 Å². The normalized spacial score (nSPS) is 10.7. The summed E-state index contributed by atoms with van der Waals surface area (Å²) in [5.74, 6) is 0.965. The fourth-order valence-corrected chi connectivity index (χ4v) is 2.73. The number of hydrogen-bond acceptors (Lipinski definition) is 1. The van der Waals surface area contributed by atoms with E-state index in [0.717, 1.165) is 24.3 Å². The minimum absolute atomic E-state index is 0.825. The summed E-state index contributed by atoms with van der Waals surface area (Å²) in [6.45, 7) is 3.09. The number of ether oxygens (including phenoxy) is 1. The van der Waals surface area contributed by atoms with Gasteiger partial charge in [0.1, 0.15) is 5.75 Å². The van der Waals surface area contributed by atoms with Crippen molar-refractivity contribution in [1.82, 2.24) is 0 Å². The van der Waals surface area contributed by atoms with Crippen molar-refractivity contribution < 1.29 is 4.74 Å². The Morgan fingerprint density at radius 1 is 0.783 bits per heavy atom. The Hall–Kier alpha value is -1.76. The molecular weight excluding hydrogens is 280 g/mol. The molecule has 0 aliphatic carbocycles. The van der Waals surface area contributed by atoms with Gasteiger partial charge in [0, 0.05) is 0 Å². The second-order valence-electron chi connectivity index (χ2n) is 6.12. The van der Waals surface area contributed by atoms with Crippen LogP contribution >= 0.6 is 0 Å². The third-order valence-corrected chi connectivity index (χ3v) is 4.14. The predicted octanol–water partition coefficient (Wildman–Crippen LogP) is 6.67. The third kappa shape index (κ3) is 6.90. The second-order valence-corrected chi connectivity index (χ2v) is 6.12. The summed E-state index contributed by atoms with van der Waals surface area (Å²) in [4.78, 5) is 0. The highest BCUT2D eigenvalue weighted by Crippen LogP contribution is 2.21. The maximum atomic E-state index is 5.83. The van der Waals surface area contributed by atoms with Gasteiger partial charge in [-0.2, -0.15) is 0 Å². The first-order valence-corrected chi connectivity index (χ1v) is 9.10. The lowest BCUT2D eigenvalue weighted by Gasteiger charge is -2.07. The lowest BCUT2D eigenvalue weighted by atomic mass is 10.1. The standard InChI is InChI=1S/C22H29O/c1-2-3-4-5-6-7-8-12-19-23-22-17-15-21(16-18-22)20-13-10-9-11-14-20/h9-11,13,15-18H,2-8,12,19H2,1H3. The van der Waals surface area contributed by atoms with Crippen LogP contribution in [0.2, 0.25) is 0 Å². The van der Waals surface area contributed by atoms with Crippen molar-refractivity contribution in [2.75, 3.05) is 6.61 Å². The number of unbranched alkanes of at least 4 members (excludes halogenated alkanes) is 7. The average molecular weight is 309 g/mol. The van der Waals surface area contributed by atoms with Crippen LogP contribution in [0.3, 0.4) is 0 Å². The average Bonchev–Trinajstić information content (AvgIpc) is 2.62. The Morgan fingerprint density at radius 3 is 2.13 bits per heavy atom. The summed E-state index contributed by atoms with van der Waals surface area (Å²) in [6, 6.07) is 19.6. The van der Waals surface area contributed by atoms with Crippen LogP contribution in [0.4, 0.5) is 0 Å². The summed E-state index contributed by atoms with van der Waals surface area (Å²) in [6.07, 6.45) is 10.7. The number of rotatable bonds is 11. The Bertz CT molecular complexity index is 515. The summed E-state index contributed by atoms with van der Waals surface area (Å²) < 4.78 is 5.83. The predicted molar refractivity (Wildman–Crippen MR) is 98.8 cm³/mol. The van der Waals surface area contributed by atoms with Crippen molar-refractivity contribution in [2.24, 2.45) is 0 Å². The zero-order chi connectivity index (χ0) is 16.2. The monoisotopic (exact) mass is 309 g/mol. The maximum absolute atomic E-state index is 5.83. The van der Waals surface area contributed by atoms with Crippen LogP contribution in [0, 0.1) is 6.07 Å². The van der Waals surface area contributed by atoms with Crippen molar-refractivity contribution in [2.45, 2.75) is 58.3 Å². The van der Waals surface area contributed by atoms with Crippen molar-refractivity contribution in [3.63, 3.8) is 0 Å². The summed E-state index contributed by atoms with van der Waals surface area (Å²) >= 11 is 0. The molecule has 0 aliphatic heterocycles. The van der Waals surface area contributed by atoms with Gasteiger partial charge in [0.15, 0.2) is 0 Å². The summed E-state index contributed by atoms with van der Waals surface area (Å²) in [7, 11) is 0. The van der Waals surface area contributed by atoms with E-state index in [2.05, 4.69) is 43.3 Å². The molecule has 0 saturated carbocycles. The Morgan fingerprint density at radius 2 is 1.48 bits per heavy atom. The zero-order valence-electron chi connectivity index (χ0n) is 14.4. The summed E-state index contributed by atoms with van der Waals surface area (Å²) in [5.41, 5.74) is 2.31. The van der Waals surface area contributed by atoms with Crippen LogP contribution in [-0.2, 0) is 0 Å². The fraction of sp³-hybridized carbons (Fsp3) is 0.455. The van der Waals surface area contributed by atoms with Crippen LogP contribution in [0.1, 0.15) is 58.3 Å². The van der Waals surface area contributed by atoms with Crippen LogP contribution < -0.4 is 4.74 Å². The molecule has 0 heterocycles. The van der Waals surface area contributed by atoms with Gasteiger partial charge in [-0.05, 0) is 35.7 Å². The minimum atomic E-state index is 0.825. The largest absolute Gasteiger partial charge is 0.494 e. The molecule has 1 nitrogen and oxygen atoms in total. The summed E-state index contributed by atoms with van der Waals surface area (Å²) in [5, 5.41) is 0. The van der Waals surface area contributed by atoms with E-state index < -0.39 is 0 Å². The highest BCUT2D eigenvalue weighted by molar-refractivity contribution is 5.63. The van der Waals surface area contributed by atoms with E-state index in [0.29, 0.717) is 0 Å². The van der Waals surface area contributed by atoms with E-state index in [4.69, 9.17) is 4.74 Å². The minimum Gasteiger partial charge on any atom is -0.494 e. The van der Waals surface area contributed by atoms with Crippen LogP contribution in [0.5, 0.6) is 5.75 Å². The molecule has 0 fully saturated rings. The van der Waals surface area contributed by atoms with Gasteiger partial charge in [-0.3, -0.25) is 0 Å². The van der Waals surface area contributed by atoms with E-state index in [9.17, 15) is 0 Å². The molecule has 2 rings (SSSR count). The first-order chi connectivity index (χ1) is 11.4. The number of hydrogen-bond donors (Lipinski definition) is 0. The molecule has 0 bridgehead atoms. The van der Waals surface area contributed by atoms with Gasteiger partial charge < -0.3 is 4.74 Å². The van der Waals surface area contributed by atoms with Crippen LogP contribution in [0.15, 0.2) is 48.5 Å². The second kappa shape index (κ2) is 10.9. The molecule has 23 heavy (non-hydrogen) atoms. The third-order valence-electron chi connectivity index (χ3n) is 4.14. The van der Waals surface area contributed by atoms with Crippen molar-refractivity contribution >= 4 is 0 Å². The van der Waals surface area contributed by atoms with E-state index in [1.807, 2.05) is 18.2 Å². The topological polar surface area (TPSA) is 9.23 Å². The Balaban J connectivity index is 1.60. The molecule has 0 aliphatic rings. The zero-order valence-corrected chi connectivity index (χ0v) is 14.4. The molecule has 2 aromatic rings. The van der Waals surface area contributed by atoms with Crippen LogP contribution in [0.25, 0.3) is 11.1 Å². The van der Waals surface area contributed by atoms with Crippen molar-refractivity contribution in [1.29, 1.82) is 0 Å². The molecule has 0 N–H and O–H groups in total. The van der Waals surface area contributed by atoms with E-state index in [1.165, 1.54) is 50.5 Å². The molecule has 0 unspecified atom stereocenters. The molecule has 1 radical (unpaired) electrons. The highest BCUT2D eigenvalue weighted by Gasteiger charge is 1.98. The lowest BCUT2D eigenvalue weighted by molar-refractivity contribution is 0.304. The quantitative estimate of drug-likeness (QED) is 0.421. The Kier molecular flexibility index (Phi) is 8.32.